The zero-order chi connectivity index (χ0) is 18.1. The lowest BCUT2D eigenvalue weighted by Gasteiger charge is -2.15. The fourth-order valence-electron chi connectivity index (χ4n) is 2.56. The zero-order valence-corrected chi connectivity index (χ0v) is 14.0. The highest BCUT2D eigenvalue weighted by Crippen LogP contribution is 2.31. The van der Waals surface area contributed by atoms with E-state index in [0.717, 1.165) is 17.4 Å². The second kappa shape index (κ2) is 6.56. The van der Waals surface area contributed by atoms with Gasteiger partial charge in [-0.05, 0) is 6.07 Å². The van der Waals surface area contributed by atoms with Crippen molar-refractivity contribution in [2.45, 2.75) is 18.7 Å². The van der Waals surface area contributed by atoms with Crippen molar-refractivity contribution in [2.24, 2.45) is 0 Å². The Labute approximate surface area is 149 Å². The first kappa shape index (κ1) is 16.8. The first-order valence-corrected chi connectivity index (χ1v) is 8.50. The molecule has 3 aromatic rings. The van der Waals surface area contributed by atoms with E-state index in [4.69, 9.17) is 9.26 Å². The minimum Gasteiger partial charge on any atom is -0.472 e. The molecule has 0 aromatic carbocycles. The van der Waals surface area contributed by atoms with Crippen molar-refractivity contribution < 1.29 is 22.4 Å². The van der Waals surface area contributed by atoms with Crippen LogP contribution >= 0.6 is 11.3 Å². The van der Waals surface area contributed by atoms with Gasteiger partial charge in [0.05, 0.1) is 12.1 Å². The van der Waals surface area contributed by atoms with E-state index in [0.29, 0.717) is 30.2 Å². The number of rotatable bonds is 4. The molecule has 1 aliphatic heterocycles. The maximum absolute atomic E-state index is 12.6. The third-order valence-corrected chi connectivity index (χ3v) is 4.84. The Bertz CT molecular complexity index is 866. The summed E-state index contributed by atoms with van der Waals surface area (Å²) >= 11 is 1.39. The van der Waals surface area contributed by atoms with Crippen molar-refractivity contribution >= 4 is 16.5 Å². The van der Waals surface area contributed by atoms with Crippen molar-refractivity contribution in [1.82, 2.24) is 20.3 Å². The van der Waals surface area contributed by atoms with Crippen molar-refractivity contribution in [3.8, 4) is 16.6 Å². The fraction of sp³-hybridized carbons (Fsp3) is 0.333. The van der Waals surface area contributed by atoms with Crippen LogP contribution in [-0.2, 0) is 6.18 Å². The second-order valence-electron chi connectivity index (χ2n) is 5.63. The van der Waals surface area contributed by atoms with Crippen molar-refractivity contribution in [1.29, 1.82) is 0 Å². The van der Waals surface area contributed by atoms with Crippen molar-refractivity contribution in [3.05, 3.63) is 36.2 Å². The topological polar surface area (TPSA) is 77.2 Å². The van der Waals surface area contributed by atoms with Crippen molar-refractivity contribution in [3.63, 3.8) is 0 Å². The van der Waals surface area contributed by atoms with Crippen LogP contribution in [0, 0.1) is 0 Å². The van der Waals surface area contributed by atoms with Crippen LogP contribution in [0.4, 0.5) is 18.3 Å². The van der Waals surface area contributed by atoms with E-state index >= 15 is 0 Å². The molecule has 0 saturated carbocycles. The van der Waals surface area contributed by atoms with Gasteiger partial charge in [-0.3, -0.25) is 0 Å². The van der Waals surface area contributed by atoms with Gasteiger partial charge in [0.2, 0.25) is 11.0 Å². The molecule has 26 heavy (non-hydrogen) atoms. The molecule has 0 aliphatic carbocycles. The average Bonchev–Trinajstić information content (AvgIpc) is 3.35. The summed E-state index contributed by atoms with van der Waals surface area (Å²) in [7, 11) is 0. The highest BCUT2D eigenvalue weighted by atomic mass is 32.1. The molecule has 0 amide bonds. The molecule has 0 spiro atoms. The van der Waals surface area contributed by atoms with Gasteiger partial charge in [-0.25, -0.2) is 4.98 Å². The summed E-state index contributed by atoms with van der Waals surface area (Å²) in [4.78, 5) is 5.75. The molecule has 1 saturated heterocycles. The molecule has 136 valence electrons. The number of ether oxygens (including phenoxy) is 1. The molecule has 4 heterocycles. The third kappa shape index (κ3) is 3.47. The standard InChI is InChI=1S/C15H12F3N5O2S/c16-15(17,18)9-1-2-12(19-7-9)25-10-3-5-23(8-10)14-21-20-13(26-14)11-4-6-24-22-11/h1-2,4,6-7,10H,3,5,8H2. The van der Waals surface area contributed by atoms with Crippen LogP contribution < -0.4 is 9.64 Å². The molecule has 11 heteroatoms. The molecule has 1 aliphatic rings. The molecule has 0 radical (unpaired) electrons. The van der Waals surface area contributed by atoms with E-state index in [1.165, 1.54) is 23.7 Å². The molecule has 0 N–H and O–H groups in total. The van der Waals surface area contributed by atoms with Gasteiger partial charge in [-0.15, -0.1) is 10.2 Å². The molecule has 0 bridgehead atoms. The molecular weight excluding hydrogens is 371 g/mol. The normalized spacial score (nSPS) is 17.7. The Kier molecular flexibility index (Phi) is 4.23. The first-order valence-electron chi connectivity index (χ1n) is 7.68. The number of anilines is 1. The van der Waals surface area contributed by atoms with Crippen molar-refractivity contribution in [2.75, 3.05) is 18.0 Å². The average molecular weight is 383 g/mol. The highest BCUT2D eigenvalue weighted by Gasteiger charge is 2.31. The van der Waals surface area contributed by atoms with E-state index in [-0.39, 0.29) is 12.0 Å². The van der Waals surface area contributed by atoms with Crippen LogP contribution in [-0.4, -0.2) is 39.5 Å². The maximum atomic E-state index is 12.6. The van der Waals surface area contributed by atoms with Crippen LogP contribution in [0.2, 0.25) is 0 Å². The predicted octanol–water partition coefficient (Wildman–Crippen LogP) is 3.26. The highest BCUT2D eigenvalue weighted by molar-refractivity contribution is 7.18. The van der Waals surface area contributed by atoms with Crippen LogP contribution in [0.5, 0.6) is 5.88 Å². The minimum atomic E-state index is -4.41. The van der Waals surface area contributed by atoms with E-state index < -0.39 is 11.7 Å². The van der Waals surface area contributed by atoms with Gasteiger partial charge in [0, 0.05) is 31.3 Å². The Hall–Kier alpha value is -2.69. The minimum absolute atomic E-state index is 0.172. The number of hydrogen-bond acceptors (Lipinski definition) is 8. The summed E-state index contributed by atoms with van der Waals surface area (Å²) in [5.74, 6) is 0.172. The quantitative estimate of drug-likeness (QED) is 0.684. The Morgan fingerprint density at radius 2 is 2.12 bits per heavy atom. The van der Waals surface area contributed by atoms with E-state index in [2.05, 4.69) is 20.3 Å². The summed E-state index contributed by atoms with van der Waals surface area (Å²) in [5, 5.41) is 13.4. The lowest BCUT2D eigenvalue weighted by molar-refractivity contribution is -0.137. The van der Waals surface area contributed by atoms with E-state index in [9.17, 15) is 13.2 Å². The Morgan fingerprint density at radius 1 is 1.23 bits per heavy atom. The molecule has 4 rings (SSSR count). The van der Waals surface area contributed by atoms with Crippen LogP contribution in [0.15, 0.2) is 35.2 Å². The smallest absolute Gasteiger partial charge is 0.417 e. The second-order valence-corrected chi connectivity index (χ2v) is 6.59. The number of pyridine rings is 1. The summed E-state index contributed by atoms with van der Waals surface area (Å²) in [6.45, 7) is 1.26. The lowest BCUT2D eigenvalue weighted by atomic mass is 10.3. The third-order valence-electron chi connectivity index (χ3n) is 3.84. The molecule has 7 nitrogen and oxygen atoms in total. The number of aromatic nitrogens is 4. The van der Waals surface area contributed by atoms with Crippen LogP contribution in [0.3, 0.4) is 0 Å². The lowest BCUT2D eigenvalue weighted by Crippen LogP contribution is -2.24. The first-order chi connectivity index (χ1) is 12.5. The predicted molar refractivity (Wildman–Crippen MR) is 85.9 cm³/mol. The van der Waals surface area contributed by atoms with Crippen LogP contribution in [0.25, 0.3) is 10.7 Å². The summed E-state index contributed by atoms with van der Waals surface area (Å²) < 4.78 is 48.2. The maximum Gasteiger partial charge on any atom is 0.417 e. The molecule has 3 aromatic heterocycles. The van der Waals surface area contributed by atoms with Gasteiger partial charge in [-0.2, -0.15) is 13.2 Å². The number of halogens is 3. The van der Waals surface area contributed by atoms with Gasteiger partial charge in [0.25, 0.3) is 0 Å². The van der Waals surface area contributed by atoms with E-state index in [1.807, 2.05) is 4.90 Å². The largest absolute Gasteiger partial charge is 0.472 e. The number of hydrogen-bond donors (Lipinski definition) is 0. The monoisotopic (exact) mass is 383 g/mol. The van der Waals surface area contributed by atoms with Gasteiger partial charge in [0.15, 0.2) is 5.01 Å². The Balaban J connectivity index is 1.38. The SMILES string of the molecule is FC(F)(F)c1ccc(OC2CCN(c3nnc(-c4ccon4)s3)C2)nc1. The molecule has 1 fully saturated rings. The molecule has 1 atom stereocenters. The summed E-state index contributed by atoms with van der Waals surface area (Å²) in [6, 6.07) is 3.90. The van der Waals surface area contributed by atoms with E-state index in [1.54, 1.807) is 6.07 Å². The number of nitrogens with zero attached hydrogens (tertiary/aromatic N) is 5. The Morgan fingerprint density at radius 3 is 2.81 bits per heavy atom. The summed E-state index contributed by atoms with van der Waals surface area (Å²) in [5.41, 5.74) is -0.179. The van der Waals surface area contributed by atoms with Gasteiger partial charge < -0.3 is 14.2 Å². The van der Waals surface area contributed by atoms with Gasteiger partial charge in [-0.1, -0.05) is 16.5 Å². The molecule has 1 unspecified atom stereocenters. The zero-order valence-electron chi connectivity index (χ0n) is 13.2. The fourth-order valence-corrected chi connectivity index (χ4v) is 3.40. The van der Waals surface area contributed by atoms with Gasteiger partial charge in [0.1, 0.15) is 18.1 Å². The van der Waals surface area contributed by atoms with Gasteiger partial charge >= 0.3 is 6.18 Å². The summed E-state index contributed by atoms with van der Waals surface area (Å²) in [6.07, 6.45) is -1.64. The molecular formula is C15H12F3N5O2S. The number of alkyl halides is 3. The van der Waals surface area contributed by atoms with Crippen LogP contribution in [0.1, 0.15) is 12.0 Å².